The molecule has 0 atom stereocenters. The van der Waals surface area contributed by atoms with E-state index in [1.807, 2.05) is 24.3 Å². The largest absolute Gasteiger partial charge is 0.482 e. The van der Waals surface area contributed by atoms with Crippen molar-refractivity contribution in [2.75, 3.05) is 43.1 Å². The molecule has 0 aliphatic carbocycles. The van der Waals surface area contributed by atoms with Crippen LogP contribution in [0.5, 0.6) is 5.75 Å². The van der Waals surface area contributed by atoms with Crippen LogP contribution >= 0.6 is 23.2 Å². The van der Waals surface area contributed by atoms with Gasteiger partial charge in [-0.15, -0.1) is 10.2 Å². The fraction of sp³-hybridized carbons (Fsp3) is 0.227. The van der Waals surface area contributed by atoms with Crippen LogP contribution in [0.2, 0.25) is 10.0 Å². The normalized spacial score (nSPS) is 13.7. The van der Waals surface area contributed by atoms with Crippen molar-refractivity contribution >= 4 is 40.6 Å². The van der Waals surface area contributed by atoms with Crippen LogP contribution in [0.4, 0.5) is 11.5 Å². The maximum Gasteiger partial charge on any atom is 0.262 e. The molecule has 1 N–H and O–H groups in total. The summed E-state index contributed by atoms with van der Waals surface area (Å²) in [7, 11) is 0. The van der Waals surface area contributed by atoms with E-state index in [0.29, 0.717) is 34.7 Å². The van der Waals surface area contributed by atoms with E-state index in [1.165, 1.54) is 0 Å². The molecule has 1 saturated heterocycles. The molecular weight excluding hydrogens is 439 g/mol. The number of benzene rings is 2. The molecule has 1 amide bonds. The second kappa shape index (κ2) is 9.96. The monoisotopic (exact) mass is 458 g/mol. The number of hydrogen-bond acceptors (Lipinski definition) is 6. The average Bonchev–Trinajstić information content (AvgIpc) is 2.81. The Balaban J connectivity index is 1.33. The number of ether oxygens (including phenoxy) is 2. The lowest BCUT2D eigenvalue weighted by Gasteiger charge is -2.27. The number of morpholine rings is 1. The van der Waals surface area contributed by atoms with Crippen molar-refractivity contribution in [2.24, 2.45) is 0 Å². The van der Waals surface area contributed by atoms with E-state index >= 15 is 0 Å². The van der Waals surface area contributed by atoms with Crippen LogP contribution in [0.25, 0.3) is 11.3 Å². The molecule has 0 radical (unpaired) electrons. The summed E-state index contributed by atoms with van der Waals surface area (Å²) in [6, 6.07) is 16.1. The molecule has 1 aliphatic rings. The van der Waals surface area contributed by atoms with E-state index in [0.717, 1.165) is 30.2 Å². The first-order valence-corrected chi connectivity index (χ1v) is 10.5. The Bertz CT molecular complexity index is 1040. The lowest BCUT2D eigenvalue weighted by Crippen LogP contribution is -2.36. The van der Waals surface area contributed by atoms with Gasteiger partial charge in [-0.3, -0.25) is 4.79 Å². The number of carbonyl (C=O) groups is 1. The molecule has 0 unspecified atom stereocenters. The van der Waals surface area contributed by atoms with Crippen molar-refractivity contribution < 1.29 is 14.3 Å². The lowest BCUT2D eigenvalue weighted by molar-refractivity contribution is -0.118. The number of rotatable bonds is 6. The van der Waals surface area contributed by atoms with Gasteiger partial charge in [0.05, 0.1) is 23.9 Å². The van der Waals surface area contributed by atoms with Gasteiger partial charge in [0.15, 0.2) is 12.4 Å². The number of carbonyl (C=O) groups excluding carboxylic acids is 1. The maximum atomic E-state index is 12.2. The van der Waals surface area contributed by atoms with Gasteiger partial charge < -0.3 is 19.7 Å². The number of amides is 1. The van der Waals surface area contributed by atoms with Gasteiger partial charge >= 0.3 is 0 Å². The van der Waals surface area contributed by atoms with Gasteiger partial charge in [0.1, 0.15) is 5.75 Å². The minimum Gasteiger partial charge on any atom is -0.482 e. The maximum absolute atomic E-state index is 12.2. The topological polar surface area (TPSA) is 76.6 Å². The number of nitrogens with one attached hydrogen (secondary N) is 1. The first kappa shape index (κ1) is 21.4. The molecule has 7 nitrogen and oxygen atoms in total. The highest BCUT2D eigenvalue weighted by atomic mass is 35.5. The molecule has 31 heavy (non-hydrogen) atoms. The Morgan fingerprint density at radius 2 is 1.81 bits per heavy atom. The van der Waals surface area contributed by atoms with Crippen molar-refractivity contribution in [3.05, 3.63) is 64.6 Å². The second-order valence-electron chi connectivity index (χ2n) is 6.87. The molecule has 2 heterocycles. The third-order valence-corrected chi connectivity index (χ3v) is 5.25. The zero-order chi connectivity index (χ0) is 21.6. The van der Waals surface area contributed by atoms with Crippen molar-refractivity contribution in [3.8, 4) is 17.0 Å². The number of nitrogens with zero attached hydrogens (tertiary/aromatic N) is 3. The second-order valence-corrected chi connectivity index (χ2v) is 7.71. The van der Waals surface area contributed by atoms with Crippen LogP contribution < -0.4 is 15.0 Å². The highest BCUT2D eigenvalue weighted by Gasteiger charge is 2.13. The molecule has 0 saturated carbocycles. The van der Waals surface area contributed by atoms with Crippen LogP contribution in [-0.4, -0.2) is 49.0 Å². The van der Waals surface area contributed by atoms with E-state index in [9.17, 15) is 4.79 Å². The number of anilines is 2. The molecule has 0 bridgehead atoms. The Morgan fingerprint density at radius 1 is 1.03 bits per heavy atom. The quantitative estimate of drug-likeness (QED) is 0.592. The fourth-order valence-corrected chi connectivity index (χ4v) is 3.43. The summed E-state index contributed by atoms with van der Waals surface area (Å²) in [6.07, 6.45) is 0. The predicted molar refractivity (Wildman–Crippen MR) is 121 cm³/mol. The molecule has 160 valence electrons. The standard InChI is InChI=1S/C22H20Cl2N4O3/c23-16-3-6-18(24)20(13-16)31-14-22(29)25-17-4-1-15(2-5-17)19-7-8-21(27-26-19)28-9-11-30-12-10-28/h1-8,13H,9-12,14H2,(H,25,29). The fourth-order valence-electron chi connectivity index (χ4n) is 3.09. The van der Waals surface area contributed by atoms with Crippen molar-refractivity contribution in [2.45, 2.75) is 0 Å². The molecule has 1 aromatic heterocycles. The Kier molecular flexibility index (Phi) is 6.86. The van der Waals surface area contributed by atoms with Gasteiger partial charge in [0.25, 0.3) is 5.91 Å². The Morgan fingerprint density at radius 3 is 2.52 bits per heavy atom. The predicted octanol–water partition coefficient (Wildman–Crippen LogP) is 4.30. The summed E-state index contributed by atoms with van der Waals surface area (Å²) in [4.78, 5) is 14.3. The van der Waals surface area contributed by atoms with Gasteiger partial charge in [-0.25, -0.2) is 0 Å². The lowest BCUT2D eigenvalue weighted by atomic mass is 10.1. The minimum atomic E-state index is -0.307. The van der Waals surface area contributed by atoms with E-state index in [1.54, 1.807) is 30.3 Å². The average molecular weight is 459 g/mol. The summed E-state index contributed by atoms with van der Waals surface area (Å²) in [5, 5.41) is 12.3. The summed E-state index contributed by atoms with van der Waals surface area (Å²) in [6.45, 7) is 2.85. The van der Waals surface area contributed by atoms with E-state index in [4.69, 9.17) is 32.7 Å². The summed E-state index contributed by atoms with van der Waals surface area (Å²) in [5.74, 6) is 0.896. The zero-order valence-electron chi connectivity index (χ0n) is 16.6. The summed E-state index contributed by atoms with van der Waals surface area (Å²) >= 11 is 12.0. The highest BCUT2D eigenvalue weighted by molar-refractivity contribution is 6.34. The van der Waals surface area contributed by atoms with Gasteiger partial charge in [-0.1, -0.05) is 35.3 Å². The number of hydrogen-bond donors (Lipinski definition) is 1. The van der Waals surface area contributed by atoms with Gasteiger partial charge in [-0.2, -0.15) is 0 Å². The van der Waals surface area contributed by atoms with Crippen LogP contribution in [0, 0.1) is 0 Å². The number of aromatic nitrogens is 2. The van der Waals surface area contributed by atoms with E-state index in [-0.39, 0.29) is 12.5 Å². The summed E-state index contributed by atoms with van der Waals surface area (Å²) in [5.41, 5.74) is 2.31. The third kappa shape index (κ3) is 5.64. The molecule has 1 aliphatic heterocycles. The summed E-state index contributed by atoms with van der Waals surface area (Å²) < 4.78 is 10.8. The van der Waals surface area contributed by atoms with Crippen LogP contribution in [0.1, 0.15) is 0 Å². The zero-order valence-corrected chi connectivity index (χ0v) is 18.1. The molecule has 0 spiro atoms. The SMILES string of the molecule is O=C(COc1cc(Cl)ccc1Cl)Nc1ccc(-c2ccc(N3CCOCC3)nn2)cc1. The minimum absolute atomic E-state index is 0.184. The molecule has 4 rings (SSSR count). The molecular formula is C22H20Cl2N4O3. The van der Waals surface area contributed by atoms with Crippen molar-refractivity contribution in [3.63, 3.8) is 0 Å². The van der Waals surface area contributed by atoms with Gasteiger partial charge in [0, 0.05) is 35.4 Å². The van der Waals surface area contributed by atoms with E-state index in [2.05, 4.69) is 20.4 Å². The van der Waals surface area contributed by atoms with Crippen LogP contribution in [0.3, 0.4) is 0 Å². The Hall–Kier alpha value is -2.87. The van der Waals surface area contributed by atoms with Crippen LogP contribution in [-0.2, 0) is 9.53 Å². The highest BCUT2D eigenvalue weighted by Crippen LogP contribution is 2.27. The Labute approximate surface area is 189 Å². The molecule has 9 heteroatoms. The van der Waals surface area contributed by atoms with Crippen LogP contribution in [0.15, 0.2) is 54.6 Å². The molecule has 1 fully saturated rings. The van der Waals surface area contributed by atoms with Crippen molar-refractivity contribution in [1.29, 1.82) is 0 Å². The third-order valence-electron chi connectivity index (χ3n) is 4.70. The molecule has 3 aromatic rings. The number of halogens is 2. The smallest absolute Gasteiger partial charge is 0.262 e. The first-order valence-electron chi connectivity index (χ1n) is 9.73. The van der Waals surface area contributed by atoms with Gasteiger partial charge in [0.2, 0.25) is 0 Å². The van der Waals surface area contributed by atoms with E-state index < -0.39 is 0 Å². The first-order chi connectivity index (χ1) is 15.1. The van der Waals surface area contributed by atoms with Crippen molar-refractivity contribution in [1.82, 2.24) is 10.2 Å². The van der Waals surface area contributed by atoms with Gasteiger partial charge in [-0.05, 0) is 36.4 Å². The molecule has 2 aromatic carbocycles.